The highest BCUT2D eigenvalue weighted by molar-refractivity contribution is 6.31. The minimum absolute atomic E-state index is 0.0632. The van der Waals surface area contributed by atoms with Crippen LogP contribution < -0.4 is 4.74 Å². The normalized spacial score (nSPS) is 12.3. The highest BCUT2D eigenvalue weighted by Crippen LogP contribution is 2.29. The minimum atomic E-state index is -2.89. The molecule has 0 spiro atoms. The Morgan fingerprint density at radius 2 is 1.92 bits per heavy atom. The second-order valence-electron chi connectivity index (χ2n) is 5.39. The van der Waals surface area contributed by atoms with Gasteiger partial charge in [0.25, 0.3) is 0 Å². The number of likely N-dealkylation sites (N-methyl/N-ethyl adjacent to an activating group) is 1. The number of hydrogen-bond acceptors (Lipinski definition) is 4. The smallest absolute Gasteiger partial charge is 0.387 e. The van der Waals surface area contributed by atoms with Crippen molar-refractivity contribution in [3.8, 4) is 5.75 Å². The van der Waals surface area contributed by atoms with Crippen molar-refractivity contribution in [3.63, 3.8) is 0 Å². The number of methoxy groups -OCH3 is 1. The second-order valence-corrected chi connectivity index (χ2v) is 5.80. The Labute approximate surface area is 149 Å². The fourth-order valence-corrected chi connectivity index (χ4v) is 2.79. The van der Waals surface area contributed by atoms with Gasteiger partial charge in [0.2, 0.25) is 0 Å². The largest absolute Gasteiger partial charge is 0.468 e. The van der Waals surface area contributed by atoms with Crippen LogP contribution >= 0.6 is 11.6 Å². The molecule has 1 atom stereocenters. The summed E-state index contributed by atoms with van der Waals surface area (Å²) in [4.78, 5) is 14.0. The van der Waals surface area contributed by atoms with E-state index in [1.54, 1.807) is 48.3 Å². The van der Waals surface area contributed by atoms with E-state index in [4.69, 9.17) is 16.3 Å². The number of ether oxygens (including phenoxy) is 2. The van der Waals surface area contributed by atoms with Gasteiger partial charge in [-0.3, -0.25) is 4.90 Å². The van der Waals surface area contributed by atoms with E-state index in [0.717, 1.165) is 0 Å². The van der Waals surface area contributed by atoms with Crippen molar-refractivity contribution in [2.75, 3.05) is 14.2 Å². The molecule has 0 aliphatic heterocycles. The summed E-state index contributed by atoms with van der Waals surface area (Å²) >= 11 is 6.21. The molecule has 4 nitrogen and oxygen atoms in total. The van der Waals surface area contributed by atoms with Gasteiger partial charge in [0.05, 0.1) is 7.11 Å². The van der Waals surface area contributed by atoms with Gasteiger partial charge in [0, 0.05) is 11.6 Å². The molecule has 0 aromatic heterocycles. The first-order chi connectivity index (χ1) is 11.9. The zero-order valence-electron chi connectivity index (χ0n) is 13.8. The highest BCUT2D eigenvalue weighted by Gasteiger charge is 2.28. The van der Waals surface area contributed by atoms with Gasteiger partial charge < -0.3 is 9.47 Å². The van der Waals surface area contributed by atoms with Gasteiger partial charge >= 0.3 is 12.6 Å². The predicted molar refractivity (Wildman–Crippen MR) is 90.8 cm³/mol. The molecular weight excluding hydrogens is 352 g/mol. The number of benzene rings is 2. The van der Waals surface area contributed by atoms with Crippen molar-refractivity contribution >= 4 is 17.6 Å². The fourth-order valence-electron chi connectivity index (χ4n) is 2.55. The third kappa shape index (κ3) is 5.14. The zero-order valence-corrected chi connectivity index (χ0v) is 14.5. The molecule has 0 fully saturated rings. The van der Waals surface area contributed by atoms with E-state index in [9.17, 15) is 13.6 Å². The fraction of sp³-hybridized carbons (Fsp3) is 0.278. The molecular formula is C18H18ClF2NO3. The SMILES string of the molecule is COC(=O)C(c1ccccc1Cl)N(C)Cc1cccc(OC(F)F)c1. The van der Waals surface area contributed by atoms with Crippen molar-refractivity contribution in [1.29, 1.82) is 0 Å². The maximum absolute atomic E-state index is 12.4. The van der Waals surface area contributed by atoms with Crippen LogP contribution in [0.5, 0.6) is 5.75 Å². The van der Waals surface area contributed by atoms with Crippen LogP contribution in [0.2, 0.25) is 5.02 Å². The summed E-state index contributed by atoms with van der Waals surface area (Å²) < 4.78 is 34.0. The van der Waals surface area contributed by atoms with Crippen molar-refractivity contribution in [2.45, 2.75) is 19.2 Å². The number of alkyl halides is 2. The van der Waals surface area contributed by atoms with Crippen LogP contribution in [0.3, 0.4) is 0 Å². The lowest BCUT2D eigenvalue weighted by atomic mass is 10.0. The Bertz CT molecular complexity index is 727. The van der Waals surface area contributed by atoms with Gasteiger partial charge in [0.1, 0.15) is 11.8 Å². The number of esters is 1. The lowest BCUT2D eigenvalue weighted by Crippen LogP contribution is -2.31. The maximum Gasteiger partial charge on any atom is 0.387 e. The summed E-state index contributed by atoms with van der Waals surface area (Å²) in [6.07, 6.45) is 0. The number of hydrogen-bond donors (Lipinski definition) is 0. The molecule has 134 valence electrons. The van der Waals surface area contributed by atoms with Crippen LogP contribution in [-0.2, 0) is 16.1 Å². The maximum atomic E-state index is 12.4. The van der Waals surface area contributed by atoms with Crippen molar-refractivity contribution < 1.29 is 23.0 Å². The quantitative estimate of drug-likeness (QED) is 0.682. The Balaban J connectivity index is 2.24. The Hall–Kier alpha value is -2.18. The summed E-state index contributed by atoms with van der Waals surface area (Å²) in [6, 6.07) is 12.6. The van der Waals surface area contributed by atoms with E-state index < -0.39 is 18.6 Å². The predicted octanol–water partition coefficient (Wildman–Crippen LogP) is 4.29. The Morgan fingerprint density at radius 1 is 1.20 bits per heavy atom. The van der Waals surface area contributed by atoms with E-state index in [-0.39, 0.29) is 5.75 Å². The number of carbonyl (C=O) groups excluding carboxylic acids is 1. The average molecular weight is 370 g/mol. The summed E-state index contributed by atoms with van der Waals surface area (Å²) in [5.41, 5.74) is 1.32. The van der Waals surface area contributed by atoms with Gasteiger partial charge in [-0.1, -0.05) is 41.9 Å². The first-order valence-corrected chi connectivity index (χ1v) is 7.86. The Kier molecular flexibility index (Phi) is 6.73. The molecule has 0 saturated heterocycles. The number of rotatable bonds is 7. The lowest BCUT2D eigenvalue weighted by Gasteiger charge is -2.27. The number of halogens is 3. The third-order valence-corrected chi connectivity index (χ3v) is 3.96. The molecule has 0 saturated carbocycles. The zero-order chi connectivity index (χ0) is 18.4. The second kappa shape index (κ2) is 8.78. The minimum Gasteiger partial charge on any atom is -0.468 e. The molecule has 0 amide bonds. The van der Waals surface area contributed by atoms with Crippen LogP contribution in [0.25, 0.3) is 0 Å². The lowest BCUT2D eigenvalue weighted by molar-refractivity contribution is -0.147. The summed E-state index contributed by atoms with van der Waals surface area (Å²) in [5, 5.41) is 0.444. The molecule has 0 aliphatic rings. The van der Waals surface area contributed by atoms with Gasteiger partial charge in [-0.2, -0.15) is 8.78 Å². The van der Waals surface area contributed by atoms with E-state index >= 15 is 0 Å². The molecule has 0 radical (unpaired) electrons. The molecule has 0 bridgehead atoms. The van der Waals surface area contributed by atoms with Crippen molar-refractivity contribution in [3.05, 3.63) is 64.7 Å². The summed E-state index contributed by atoms with van der Waals surface area (Å²) in [5.74, 6) is -0.399. The molecule has 1 unspecified atom stereocenters. The summed E-state index contributed by atoms with van der Waals surface area (Å²) in [6.45, 7) is -2.58. The van der Waals surface area contributed by atoms with Gasteiger partial charge in [-0.05, 0) is 36.4 Å². The molecule has 0 N–H and O–H groups in total. The van der Waals surface area contributed by atoms with Gasteiger partial charge in [0.15, 0.2) is 0 Å². The van der Waals surface area contributed by atoms with Crippen molar-refractivity contribution in [1.82, 2.24) is 4.90 Å². The van der Waals surface area contributed by atoms with Crippen LogP contribution in [0.15, 0.2) is 48.5 Å². The highest BCUT2D eigenvalue weighted by atomic mass is 35.5. The molecule has 7 heteroatoms. The van der Waals surface area contributed by atoms with Crippen LogP contribution in [0, 0.1) is 0 Å². The first-order valence-electron chi connectivity index (χ1n) is 7.48. The monoisotopic (exact) mass is 369 g/mol. The van der Waals surface area contributed by atoms with E-state index in [1.807, 2.05) is 0 Å². The molecule has 2 aromatic rings. The third-order valence-electron chi connectivity index (χ3n) is 3.62. The van der Waals surface area contributed by atoms with Gasteiger partial charge in [-0.15, -0.1) is 0 Å². The molecule has 2 rings (SSSR count). The average Bonchev–Trinajstić information content (AvgIpc) is 2.56. The topological polar surface area (TPSA) is 38.8 Å². The van der Waals surface area contributed by atoms with Gasteiger partial charge in [-0.25, -0.2) is 4.79 Å². The van der Waals surface area contributed by atoms with Crippen LogP contribution in [-0.4, -0.2) is 31.6 Å². The molecule has 0 aliphatic carbocycles. The van der Waals surface area contributed by atoms with E-state index in [2.05, 4.69) is 4.74 Å². The van der Waals surface area contributed by atoms with Crippen molar-refractivity contribution in [2.24, 2.45) is 0 Å². The first kappa shape index (κ1) is 19.1. The number of nitrogens with zero attached hydrogens (tertiary/aromatic N) is 1. The number of carbonyl (C=O) groups is 1. The Morgan fingerprint density at radius 3 is 2.56 bits per heavy atom. The molecule has 0 heterocycles. The standard InChI is InChI=1S/C18H18ClF2NO3/c1-22(11-12-6-5-7-13(10-12)25-18(20)21)16(17(23)24-2)14-8-3-4-9-15(14)19/h3-10,16,18H,11H2,1-2H3. The summed E-state index contributed by atoms with van der Waals surface area (Å²) in [7, 11) is 3.03. The van der Waals surface area contributed by atoms with E-state index in [1.165, 1.54) is 19.2 Å². The van der Waals surface area contributed by atoms with E-state index in [0.29, 0.717) is 22.7 Å². The molecule has 25 heavy (non-hydrogen) atoms. The van der Waals surface area contributed by atoms with Crippen LogP contribution in [0.1, 0.15) is 17.2 Å². The molecule has 2 aromatic carbocycles. The van der Waals surface area contributed by atoms with Crippen LogP contribution in [0.4, 0.5) is 8.78 Å².